The number of pyridine rings is 1. The topological polar surface area (TPSA) is 133 Å². The Kier molecular flexibility index (Phi) is 5.74. The summed E-state index contributed by atoms with van der Waals surface area (Å²) in [5.41, 5.74) is 0.361. The maximum Gasteiger partial charge on any atom is 0.276 e. The normalized spacial score (nSPS) is 22.5. The number of fused-ring (bicyclic) bond motifs is 5. The fourth-order valence-corrected chi connectivity index (χ4v) is 8.04. The van der Waals surface area contributed by atoms with Crippen LogP contribution in [0.15, 0.2) is 17.2 Å². The van der Waals surface area contributed by atoms with Crippen molar-refractivity contribution in [2.24, 2.45) is 11.8 Å². The van der Waals surface area contributed by atoms with Gasteiger partial charge in [-0.05, 0) is 56.2 Å². The molecule has 212 valence electrons. The van der Waals surface area contributed by atoms with Gasteiger partial charge in [0.25, 0.3) is 11.5 Å². The lowest BCUT2D eigenvalue weighted by Gasteiger charge is -2.38. The van der Waals surface area contributed by atoms with E-state index < -0.39 is 35.9 Å². The van der Waals surface area contributed by atoms with Gasteiger partial charge in [0.05, 0.1) is 17.4 Å². The molecule has 1 atom stereocenters. The van der Waals surface area contributed by atoms with E-state index in [0.29, 0.717) is 43.7 Å². The van der Waals surface area contributed by atoms with Gasteiger partial charge in [0.2, 0.25) is 11.8 Å². The quantitative estimate of drug-likeness (QED) is 0.485. The van der Waals surface area contributed by atoms with Gasteiger partial charge < -0.3 is 15.5 Å². The molecule has 2 amide bonds. The number of hydrogen-bond donors (Lipinski definition) is 2. The van der Waals surface area contributed by atoms with Gasteiger partial charge in [-0.3, -0.25) is 19.0 Å². The van der Waals surface area contributed by atoms with Crippen LogP contribution in [-0.2, 0) is 23.3 Å². The van der Waals surface area contributed by atoms with Crippen LogP contribution >= 0.6 is 11.3 Å². The van der Waals surface area contributed by atoms with E-state index in [1.807, 2.05) is 0 Å². The highest BCUT2D eigenvalue weighted by atomic mass is 32.1. The number of anilines is 2. The molecule has 2 fully saturated rings. The third-order valence-electron chi connectivity index (χ3n) is 9.01. The van der Waals surface area contributed by atoms with Gasteiger partial charge in [0.1, 0.15) is 34.0 Å². The molecule has 1 saturated carbocycles. The fraction of sp³-hybridized carbons (Fsp3) is 0.500. The van der Waals surface area contributed by atoms with Crippen molar-refractivity contribution in [2.45, 2.75) is 63.5 Å². The number of halogens is 2. The number of carbonyl (C=O) groups excluding carboxylic acids is 2. The Bertz CT molecular complexity index is 1730. The summed E-state index contributed by atoms with van der Waals surface area (Å²) < 4.78 is 29.4. The monoisotopic (exact) mass is 579 g/mol. The molecule has 7 rings (SSSR count). The lowest BCUT2D eigenvalue weighted by molar-refractivity contribution is -0.141. The molecule has 2 N–H and O–H groups in total. The first-order valence-corrected chi connectivity index (χ1v) is 14.6. The van der Waals surface area contributed by atoms with Gasteiger partial charge >= 0.3 is 0 Å². The Morgan fingerprint density at radius 2 is 1.98 bits per heavy atom. The zero-order chi connectivity index (χ0) is 28.7. The van der Waals surface area contributed by atoms with Crippen molar-refractivity contribution in [3.63, 3.8) is 0 Å². The van der Waals surface area contributed by atoms with Crippen molar-refractivity contribution in [1.82, 2.24) is 24.8 Å². The average molecular weight is 580 g/mol. The highest BCUT2D eigenvalue weighted by Crippen LogP contribution is 2.44. The SMILES string of the molecule is Cc1cc(Nc2ncnc3sc4c(c23)CC[C@H](C(=O)N2CC(C#N)C2)C4)c(=O)n2c1C(=O)NC21CCC(F)(F)CC1. The molecule has 0 unspecified atom stereocenters. The van der Waals surface area contributed by atoms with Gasteiger partial charge in [-0.25, -0.2) is 18.7 Å². The molecule has 1 spiro atoms. The van der Waals surface area contributed by atoms with Crippen LogP contribution in [0, 0.1) is 30.1 Å². The number of aryl methyl sites for hydroxylation is 2. The number of hydrogen-bond acceptors (Lipinski definition) is 8. The second-order valence-corrected chi connectivity index (χ2v) is 12.7. The Hall–Kier alpha value is -3.92. The molecule has 2 aliphatic heterocycles. The summed E-state index contributed by atoms with van der Waals surface area (Å²) in [5.74, 6) is -2.94. The minimum atomic E-state index is -2.82. The van der Waals surface area contributed by atoms with Gasteiger partial charge in [0.15, 0.2) is 0 Å². The van der Waals surface area contributed by atoms with Crippen LogP contribution in [-0.4, -0.2) is 50.3 Å². The minimum Gasteiger partial charge on any atom is -0.340 e. The summed E-state index contributed by atoms with van der Waals surface area (Å²) in [7, 11) is 0. The second-order valence-electron chi connectivity index (χ2n) is 11.6. The zero-order valence-corrected chi connectivity index (χ0v) is 23.1. The van der Waals surface area contributed by atoms with Crippen LogP contribution in [0.1, 0.15) is 58.6 Å². The number of alkyl halides is 2. The highest BCUT2D eigenvalue weighted by Gasteiger charge is 2.51. The fourth-order valence-electron chi connectivity index (χ4n) is 6.77. The van der Waals surface area contributed by atoms with E-state index in [-0.39, 0.29) is 42.0 Å². The van der Waals surface area contributed by atoms with Gasteiger partial charge in [-0.2, -0.15) is 5.26 Å². The van der Waals surface area contributed by atoms with E-state index in [1.54, 1.807) is 17.9 Å². The summed E-state index contributed by atoms with van der Waals surface area (Å²) in [6.07, 6.45) is 2.43. The lowest BCUT2D eigenvalue weighted by Crippen LogP contribution is -2.52. The first-order chi connectivity index (χ1) is 19.6. The van der Waals surface area contributed by atoms with Crippen LogP contribution in [0.4, 0.5) is 20.3 Å². The summed E-state index contributed by atoms with van der Waals surface area (Å²) in [6, 6.07) is 3.81. The number of carbonyl (C=O) groups is 2. The van der Waals surface area contributed by atoms with E-state index >= 15 is 0 Å². The van der Waals surface area contributed by atoms with Crippen molar-refractivity contribution < 1.29 is 18.4 Å². The Morgan fingerprint density at radius 3 is 2.71 bits per heavy atom. The number of nitriles is 1. The lowest BCUT2D eigenvalue weighted by atomic mass is 9.85. The summed E-state index contributed by atoms with van der Waals surface area (Å²) in [4.78, 5) is 52.2. The Labute approximate surface area is 237 Å². The van der Waals surface area contributed by atoms with Crippen LogP contribution in [0.25, 0.3) is 10.2 Å². The zero-order valence-electron chi connectivity index (χ0n) is 22.3. The largest absolute Gasteiger partial charge is 0.340 e. The second kappa shape index (κ2) is 9.04. The smallest absolute Gasteiger partial charge is 0.276 e. The molecule has 3 aromatic heterocycles. The molecular formula is C28H27F2N7O3S. The Morgan fingerprint density at radius 1 is 1.22 bits per heavy atom. The van der Waals surface area contributed by atoms with Crippen molar-refractivity contribution in [2.75, 3.05) is 18.4 Å². The summed E-state index contributed by atoms with van der Waals surface area (Å²) in [5, 5.41) is 15.9. The van der Waals surface area contributed by atoms with E-state index in [0.717, 1.165) is 20.7 Å². The van der Waals surface area contributed by atoms with Crippen LogP contribution < -0.4 is 16.2 Å². The first-order valence-electron chi connectivity index (χ1n) is 13.8. The van der Waals surface area contributed by atoms with Crippen molar-refractivity contribution >= 4 is 44.9 Å². The maximum absolute atomic E-state index is 14.0. The third-order valence-corrected chi connectivity index (χ3v) is 10.2. The number of aromatic nitrogens is 3. The molecule has 0 radical (unpaired) electrons. The number of rotatable bonds is 3. The molecular weight excluding hydrogens is 552 g/mol. The summed E-state index contributed by atoms with van der Waals surface area (Å²) >= 11 is 1.51. The van der Waals surface area contributed by atoms with E-state index in [2.05, 4.69) is 26.7 Å². The van der Waals surface area contributed by atoms with Crippen molar-refractivity contribution in [3.8, 4) is 6.07 Å². The van der Waals surface area contributed by atoms with E-state index in [4.69, 9.17) is 5.26 Å². The molecule has 10 nitrogen and oxygen atoms in total. The van der Waals surface area contributed by atoms with Gasteiger partial charge in [0, 0.05) is 36.7 Å². The number of thiophene rings is 1. The summed E-state index contributed by atoms with van der Waals surface area (Å²) in [6.45, 7) is 2.71. The molecule has 2 aliphatic carbocycles. The predicted octanol–water partition coefficient (Wildman–Crippen LogP) is 3.60. The molecule has 5 heterocycles. The number of nitrogens with one attached hydrogen (secondary N) is 2. The van der Waals surface area contributed by atoms with Crippen molar-refractivity contribution in [3.05, 3.63) is 44.4 Å². The van der Waals surface area contributed by atoms with Crippen LogP contribution in [0.5, 0.6) is 0 Å². The number of amides is 2. The molecule has 3 aromatic rings. The molecule has 41 heavy (non-hydrogen) atoms. The van der Waals surface area contributed by atoms with Gasteiger partial charge in [-0.1, -0.05) is 0 Å². The molecule has 1 saturated heterocycles. The first kappa shape index (κ1) is 26.0. The average Bonchev–Trinajstić information content (AvgIpc) is 3.43. The van der Waals surface area contributed by atoms with Crippen LogP contribution in [0.3, 0.4) is 0 Å². The molecule has 4 aliphatic rings. The van der Waals surface area contributed by atoms with E-state index in [1.165, 1.54) is 22.2 Å². The molecule has 0 aromatic carbocycles. The predicted molar refractivity (Wildman–Crippen MR) is 146 cm³/mol. The van der Waals surface area contributed by atoms with E-state index in [9.17, 15) is 23.2 Å². The highest BCUT2D eigenvalue weighted by molar-refractivity contribution is 7.19. The van der Waals surface area contributed by atoms with Crippen molar-refractivity contribution in [1.29, 1.82) is 5.26 Å². The number of nitrogens with zero attached hydrogens (tertiary/aromatic N) is 5. The maximum atomic E-state index is 14.0. The molecule has 13 heteroatoms. The number of likely N-dealkylation sites (tertiary alicyclic amines) is 1. The Balaban J connectivity index is 1.22. The molecule has 0 bridgehead atoms. The van der Waals surface area contributed by atoms with Gasteiger partial charge in [-0.15, -0.1) is 11.3 Å². The minimum absolute atomic E-state index is 0.0359. The third kappa shape index (κ3) is 4.02. The van der Waals surface area contributed by atoms with Crippen LogP contribution in [0.2, 0.25) is 0 Å². The standard InChI is InChI=1S/C28H27F2N7O3S/c1-14-8-18(26(40)37-21(14)23(38)35-28(37)6-4-27(29,30)5-7-28)34-22-20-17-3-2-16(25(39)36-11-15(10-31)12-36)9-19(17)41-24(20)33-13-32-22/h8,13,15-16H,2-7,9,11-12H2,1H3,(H,35,38)(H,32,33,34)/t16-/m0/s1.